The predicted octanol–water partition coefficient (Wildman–Crippen LogP) is 1.27. The summed E-state index contributed by atoms with van der Waals surface area (Å²) in [4.78, 5) is 25.0. The van der Waals surface area contributed by atoms with E-state index in [2.05, 4.69) is 4.98 Å². The Morgan fingerprint density at radius 2 is 2.06 bits per heavy atom. The van der Waals surface area contributed by atoms with E-state index in [4.69, 9.17) is 14.9 Å². The number of hydrogen-bond donors (Lipinski definition) is 2. The first-order chi connectivity index (χ1) is 7.56. The highest BCUT2D eigenvalue weighted by molar-refractivity contribution is 5.92. The minimum Gasteiger partial charge on any atom is -0.491 e. The Hall–Kier alpha value is -2.11. The zero-order valence-electron chi connectivity index (χ0n) is 8.64. The number of pyridine rings is 1. The molecule has 0 fully saturated rings. The summed E-state index contributed by atoms with van der Waals surface area (Å²) in [6.07, 6.45) is 1.68. The van der Waals surface area contributed by atoms with Crippen LogP contribution in [0.4, 0.5) is 0 Å². The van der Waals surface area contributed by atoms with Crippen molar-refractivity contribution >= 4 is 11.9 Å². The Morgan fingerprint density at radius 1 is 1.38 bits per heavy atom. The molecular formula is C10H11NO5. The van der Waals surface area contributed by atoms with Crippen LogP contribution in [0.15, 0.2) is 12.3 Å². The summed E-state index contributed by atoms with van der Waals surface area (Å²) in [5, 5.41) is 17.5. The lowest BCUT2D eigenvalue weighted by molar-refractivity contribution is 0.0670. The molecule has 0 unspecified atom stereocenters. The molecule has 86 valence electrons. The molecule has 1 aromatic rings. The highest BCUT2D eigenvalue weighted by Gasteiger charge is 2.16. The van der Waals surface area contributed by atoms with E-state index >= 15 is 0 Å². The fraction of sp³-hybridized carbons (Fsp3) is 0.300. The van der Waals surface area contributed by atoms with Crippen molar-refractivity contribution in [2.75, 3.05) is 6.61 Å². The number of aromatic nitrogens is 1. The number of ether oxygens (including phenoxy) is 1. The molecule has 0 amide bonds. The molecule has 0 saturated heterocycles. The third-order valence-corrected chi connectivity index (χ3v) is 1.76. The van der Waals surface area contributed by atoms with E-state index in [1.165, 1.54) is 0 Å². The molecule has 2 N–H and O–H groups in total. The fourth-order valence-electron chi connectivity index (χ4n) is 1.04. The predicted molar refractivity (Wildman–Crippen MR) is 53.9 cm³/mol. The van der Waals surface area contributed by atoms with Crippen LogP contribution in [-0.4, -0.2) is 33.7 Å². The van der Waals surface area contributed by atoms with Crippen LogP contribution in [0.2, 0.25) is 0 Å². The van der Waals surface area contributed by atoms with E-state index in [1.807, 2.05) is 6.92 Å². The van der Waals surface area contributed by atoms with Gasteiger partial charge in [-0.3, -0.25) is 0 Å². The van der Waals surface area contributed by atoms with Crippen LogP contribution in [0.1, 0.15) is 34.2 Å². The number of carboxylic acid groups (broad SMARTS) is 2. The summed E-state index contributed by atoms with van der Waals surface area (Å²) in [7, 11) is 0. The summed E-state index contributed by atoms with van der Waals surface area (Å²) >= 11 is 0. The summed E-state index contributed by atoms with van der Waals surface area (Å²) < 4.78 is 5.13. The Kier molecular flexibility index (Phi) is 3.82. The van der Waals surface area contributed by atoms with Gasteiger partial charge >= 0.3 is 11.9 Å². The van der Waals surface area contributed by atoms with E-state index in [1.54, 1.807) is 0 Å². The molecular weight excluding hydrogens is 214 g/mol. The molecule has 0 saturated carbocycles. The molecule has 6 heteroatoms. The van der Waals surface area contributed by atoms with E-state index in [-0.39, 0.29) is 17.0 Å². The van der Waals surface area contributed by atoms with Crippen molar-refractivity contribution in [1.82, 2.24) is 4.98 Å². The van der Waals surface area contributed by atoms with E-state index in [0.29, 0.717) is 13.0 Å². The SMILES string of the molecule is CCCOc1cc(C(=O)O)cnc1C(=O)O. The van der Waals surface area contributed by atoms with Gasteiger partial charge in [0.05, 0.1) is 12.2 Å². The number of aromatic carboxylic acids is 2. The molecule has 0 atom stereocenters. The second kappa shape index (κ2) is 5.11. The van der Waals surface area contributed by atoms with Crippen molar-refractivity contribution in [2.45, 2.75) is 13.3 Å². The molecule has 0 bridgehead atoms. The molecule has 0 spiro atoms. The smallest absolute Gasteiger partial charge is 0.358 e. The second-order valence-corrected chi connectivity index (χ2v) is 3.03. The molecule has 6 nitrogen and oxygen atoms in total. The van der Waals surface area contributed by atoms with Gasteiger partial charge in [0, 0.05) is 6.20 Å². The van der Waals surface area contributed by atoms with Crippen LogP contribution in [0.5, 0.6) is 5.75 Å². The molecule has 1 aromatic heterocycles. The molecule has 0 aliphatic heterocycles. The monoisotopic (exact) mass is 225 g/mol. The Labute approximate surface area is 91.5 Å². The zero-order valence-corrected chi connectivity index (χ0v) is 8.64. The van der Waals surface area contributed by atoms with E-state index in [0.717, 1.165) is 12.3 Å². The maximum atomic E-state index is 10.8. The van der Waals surface area contributed by atoms with Crippen molar-refractivity contribution in [2.24, 2.45) is 0 Å². The Balaban J connectivity index is 3.10. The largest absolute Gasteiger partial charge is 0.491 e. The third kappa shape index (κ3) is 2.69. The zero-order chi connectivity index (χ0) is 12.1. The number of rotatable bonds is 5. The summed E-state index contributed by atoms with van der Waals surface area (Å²) in [6.45, 7) is 2.17. The average Bonchev–Trinajstić information content (AvgIpc) is 2.25. The molecule has 0 aliphatic rings. The maximum Gasteiger partial charge on any atom is 0.358 e. The topological polar surface area (TPSA) is 96.7 Å². The molecule has 0 radical (unpaired) electrons. The summed E-state index contributed by atoms with van der Waals surface area (Å²) in [5.74, 6) is -2.44. The normalized spacial score (nSPS) is 9.81. The van der Waals surface area contributed by atoms with Crippen molar-refractivity contribution in [3.63, 3.8) is 0 Å². The highest BCUT2D eigenvalue weighted by Crippen LogP contribution is 2.18. The van der Waals surface area contributed by atoms with Crippen LogP contribution in [-0.2, 0) is 0 Å². The van der Waals surface area contributed by atoms with Crippen molar-refractivity contribution in [3.8, 4) is 5.75 Å². The van der Waals surface area contributed by atoms with Crippen molar-refractivity contribution < 1.29 is 24.5 Å². The Bertz CT molecular complexity index is 416. The van der Waals surface area contributed by atoms with Crippen molar-refractivity contribution in [3.05, 3.63) is 23.5 Å². The fourth-order valence-corrected chi connectivity index (χ4v) is 1.04. The van der Waals surface area contributed by atoms with E-state index in [9.17, 15) is 9.59 Å². The lowest BCUT2D eigenvalue weighted by Crippen LogP contribution is -2.09. The van der Waals surface area contributed by atoms with Gasteiger partial charge in [0.2, 0.25) is 0 Å². The molecule has 0 aromatic carbocycles. The first-order valence-corrected chi connectivity index (χ1v) is 4.65. The third-order valence-electron chi connectivity index (χ3n) is 1.76. The van der Waals surface area contributed by atoms with Gasteiger partial charge in [-0.25, -0.2) is 14.6 Å². The number of nitrogens with zero attached hydrogens (tertiary/aromatic N) is 1. The highest BCUT2D eigenvalue weighted by atomic mass is 16.5. The van der Waals surface area contributed by atoms with Crippen LogP contribution in [0.25, 0.3) is 0 Å². The van der Waals surface area contributed by atoms with Crippen LogP contribution >= 0.6 is 0 Å². The van der Waals surface area contributed by atoms with Crippen LogP contribution < -0.4 is 4.74 Å². The first kappa shape index (κ1) is 12.0. The van der Waals surface area contributed by atoms with Gasteiger partial charge in [0.1, 0.15) is 0 Å². The number of hydrogen-bond acceptors (Lipinski definition) is 4. The van der Waals surface area contributed by atoms with Gasteiger partial charge in [-0.2, -0.15) is 0 Å². The van der Waals surface area contributed by atoms with Gasteiger partial charge in [0.15, 0.2) is 11.4 Å². The van der Waals surface area contributed by atoms with Crippen LogP contribution in [0.3, 0.4) is 0 Å². The standard InChI is InChI=1S/C10H11NO5/c1-2-3-16-7-4-6(9(12)13)5-11-8(7)10(14)15/h4-5H,2-3H2,1H3,(H,12,13)(H,14,15). The maximum absolute atomic E-state index is 10.8. The summed E-state index contributed by atoms with van der Waals surface area (Å²) in [6, 6.07) is 1.16. The molecule has 1 heterocycles. The molecule has 16 heavy (non-hydrogen) atoms. The lowest BCUT2D eigenvalue weighted by Gasteiger charge is -2.07. The number of carbonyl (C=O) groups is 2. The minimum absolute atomic E-state index is 0.0192. The van der Waals surface area contributed by atoms with Gasteiger partial charge in [-0.15, -0.1) is 0 Å². The van der Waals surface area contributed by atoms with Crippen molar-refractivity contribution in [1.29, 1.82) is 0 Å². The quantitative estimate of drug-likeness (QED) is 0.783. The molecule has 1 rings (SSSR count). The second-order valence-electron chi connectivity index (χ2n) is 3.03. The van der Waals surface area contributed by atoms with E-state index < -0.39 is 11.9 Å². The average molecular weight is 225 g/mol. The minimum atomic E-state index is -1.25. The summed E-state index contributed by atoms with van der Waals surface area (Å²) in [5.41, 5.74) is -0.380. The lowest BCUT2D eigenvalue weighted by atomic mass is 10.2. The number of carboxylic acids is 2. The van der Waals surface area contributed by atoms with Gasteiger partial charge in [-0.1, -0.05) is 6.92 Å². The van der Waals surface area contributed by atoms with Gasteiger partial charge in [0.25, 0.3) is 0 Å². The first-order valence-electron chi connectivity index (χ1n) is 4.65. The van der Waals surface area contributed by atoms with Gasteiger partial charge in [-0.05, 0) is 12.5 Å². The Morgan fingerprint density at radius 3 is 2.56 bits per heavy atom. The molecule has 0 aliphatic carbocycles. The van der Waals surface area contributed by atoms with Gasteiger partial charge < -0.3 is 14.9 Å². The van der Waals surface area contributed by atoms with Crippen LogP contribution in [0, 0.1) is 0 Å².